The van der Waals surface area contributed by atoms with Gasteiger partial charge < -0.3 is 10.2 Å². The lowest BCUT2D eigenvalue weighted by Gasteiger charge is -2.34. The minimum absolute atomic E-state index is 0.0987. The number of anilines is 1. The summed E-state index contributed by atoms with van der Waals surface area (Å²) in [5, 5.41) is 3.37. The van der Waals surface area contributed by atoms with E-state index in [2.05, 4.69) is 5.32 Å². The molecule has 1 fully saturated rings. The molecule has 0 aliphatic carbocycles. The molecule has 1 aliphatic heterocycles. The Morgan fingerprint density at radius 1 is 1.00 bits per heavy atom. The highest BCUT2D eigenvalue weighted by Crippen LogP contribution is 2.21. The summed E-state index contributed by atoms with van der Waals surface area (Å²) in [5.41, 5.74) is 0.854. The van der Waals surface area contributed by atoms with Crippen LogP contribution in [0.5, 0.6) is 0 Å². The number of carbonyl (C=O) groups excluding carboxylic acids is 2. The van der Waals surface area contributed by atoms with E-state index in [4.69, 9.17) is 23.2 Å². The van der Waals surface area contributed by atoms with Gasteiger partial charge in [-0.3, -0.25) is 14.5 Å². The smallest absolute Gasteiger partial charge is 0.255 e. The quantitative estimate of drug-likeness (QED) is 0.839. The summed E-state index contributed by atoms with van der Waals surface area (Å²) in [6.07, 6.45) is 0. The van der Waals surface area contributed by atoms with E-state index >= 15 is 0 Å². The lowest BCUT2D eigenvalue weighted by molar-refractivity contribution is -0.117. The number of benzene rings is 2. The van der Waals surface area contributed by atoms with E-state index in [1.807, 2.05) is 4.90 Å². The molecule has 0 saturated carbocycles. The number of nitrogens with zero attached hydrogens (tertiary/aromatic N) is 2. The molecule has 0 aromatic heterocycles. The number of hydrogen-bond acceptors (Lipinski definition) is 3. The van der Waals surface area contributed by atoms with Crippen LogP contribution in [0.15, 0.2) is 42.5 Å². The zero-order chi connectivity index (χ0) is 19.4. The van der Waals surface area contributed by atoms with Crippen LogP contribution in [0, 0.1) is 5.82 Å². The second-order valence-electron chi connectivity index (χ2n) is 6.22. The SMILES string of the molecule is O=C(CN1CCN(C(=O)c2ccc(F)cc2Cl)CC1)Nc1ccccc1Cl. The first-order valence-electron chi connectivity index (χ1n) is 8.45. The Labute approximate surface area is 166 Å². The van der Waals surface area contributed by atoms with Crippen LogP contribution < -0.4 is 5.32 Å². The number of amides is 2. The summed E-state index contributed by atoms with van der Waals surface area (Å²) >= 11 is 12.0. The minimum atomic E-state index is -0.481. The summed E-state index contributed by atoms with van der Waals surface area (Å²) in [6.45, 7) is 2.25. The van der Waals surface area contributed by atoms with Crippen LogP contribution in [-0.4, -0.2) is 54.3 Å². The van der Waals surface area contributed by atoms with Crippen LogP contribution in [0.3, 0.4) is 0 Å². The zero-order valence-corrected chi connectivity index (χ0v) is 15.9. The van der Waals surface area contributed by atoms with Crippen molar-refractivity contribution in [3.8, 4) is 0 Å². The molecule has 2 aromatic carbocycles. The van der Waals surface area contributed by atoms with Gasteiger partial charge in [-0.2, -0.15) is 0 Å². The summed E-state index contributed by atoms with van der Waals surface area (Å²) in [5.74, 6) is -0.879. The molecule has 1 saturated heterocycles. The molecule has 142 valence electrons. The van der Waals surface area contributed by atoms with Gasteiger partial charge in [0.25, 0.3) is 5.91 Å². The molecule has 0 unspecified atom stereocenters. The van der Waals surface area contributed by atoms with E-state index < -0.39 is 5.82 Å². The van der Waals surface area contributed by atoms with Gasteiger partial charge in [0.2, 0.25) is 5.91 Å². The minimum Gasteiger partial charge on any atom is -0.336 e. The van der Waals surface area contributed by atoms with Crippen LogP contribution in [0.4, 0.5) is 10.1 Å². The Kier molecular flexibility index (Phi) is 6.31. The van der Waals surface area contributed by atoms with Crippen molar-refractivity contribution < 1.29 is 14.0 Å². The normalized spacial score (nSPS) is 14.9. The number of para-hydroxylation sites is 1. The zero-order valence-electron chi connectivity index (χ0n) is 14.4. The molecule has 0 bridgehead atoms. The van der Waals surface area contributed by atoms with E-state index in [0.717, 1.165) is 6.07 Å². The van der Waals surface area contributed by atoms with Gasteiger partial charge in [-0.1, -0.05) is 35.3 Å². The fourth-order valence-electron chi connectivity index (χ4n) is 2.90. The number of carbonyl (C=O) groups is 2. The van der Waals surface area contributed by atoms with Crippen molar-refractivity contribution in [1.29, 1.82) is 0 Å². The Bertz CT molecular complexity index is 855. The Hall–Kier alpha value is -2.15. The van der Waals surface area contributed by atoms with E-state index in [1.54, 1.807) is 29.2 Å². The van der Waals surface area contributed by atoms with Crippen LogP contribution in [0.1, 0.15) is 10.4 Å². The molecule has 1 heterocycles. The van der Waals surface area contributed by atoms with Gasteiger partial charge in [0.15, 0.2) is 0 Å². The van der Waals surface area contributed by atoms with Gasteiger partial charge in [0.1, 0.15) is 5.82 Å². The number of hydrogen-bond donors (Lipinski definition) is 1. The maximum Gasteiger partial charge on any atom is 0.255 e. The van der Waals surface area contributed by atoms with Crippen molar-refractivity contribution in [2.45, 2.75) is 0 Å². The monoisotopic (exact) mass is 409 g/mol. The first-order valence-corrected chi connectivity index (χ1v) is 9.20. The molecule has 0 radical (unpaired) electrons. The van der Waals surface area contributed by atoms with Gasteiger partial charge in [-0.15, -0.1) is 0 Å². The second kappa shape index (κ2) is 8.69. The van der Waals surface area contributed by atoms with E-state index in [0.29, 0.717) is 36.9 Å². The van der Waals surface area contributed by atoms with Crippen LogP contribution >= 0.6 is 23.2 Å². The molecule has 1 aliphatic rings. The average Bonchev–Trinajstić information content (AvgIpc) is 2.64. The summed E-state index contributed by atoms with van der Waals surface area (Å²) in [6, 6.07) is 10.8. The molecule has 8 heteroatoms. The van der Waals surface area contributed by atoms with E-state index in [9.17, 15) is 14.0 Å². The first-order chi connectivity index (χ1) is 12.9. The van der Waals surface area contributed by atoms with Gasteiger partial charge in [-0.25, -0.2) is 4.39 Å². The molecule has 2 amide bonds. The number of rotatable bonds is 4. The van der Waals surface area contributed by atoms with Crippen molar-refractivity contribution in [3.63, 3.8) is 0 Å². The van der Waals surface area contributed by atoms with Crippen molar-refractivity contribution in [2.75, 3.05) is 38.0 Å². The third-order valence-electron chi connectivity index (χ3n) is 4.34. The maximum absolute atomic E-state index is 13.1. The van der Waals surface area contributed by atoms with Crippen LogP contribution in [-0.2, 0) is 4.79 Å². The van der Waals surface area contributed by atoms with Gasteiger partial charge >= 0.3 is 0 Å². The van der Waals surface area contributed by atoms with Crippen LogP contribution in [0.2, 0.25) is 10.0 Å². The highest BCUT2D eigenvalue weighted by molar-refractivity contribution is 6.34. The third kappa shape index (κ3) is 4.97. The second-order valence-corrected chi connectivity index (χ2v) is 7.03. The van der Waals surface area contributed by atoms with E-state index in [1.165, 1.54) is 12.1 Å². The fraction of sp³-hybridized carbons (Fsp3) is 0.263. The molecule has 0 spiro atoms. The predicted molar refractivity (Wildman–Crippen MR) is 104 cm³/mol. The fourth-order valence-corrected chi connectivity index (χ4v) is 3.33. The van der Waals surface area contributed by atoms with Gasteiger partial charge in [0, 0.05) is 26.2 Å². The molecule has 27 heavy (non-hydrogen) atoms. The molecular formula is C19H18Cl2FN3O2. The summed E-state index contributed by atoms with van der Waals surface area (Å²) in [7, 11) is 0. The molecule has 0 atom stereocenters. The lowest BCUT2D eigenvalue weighted by Crippen LogP contribution is -2.50. The Balaban J connectivity index is 1.52. The summed E-state index contributed by atoms with van der Waals surface area (Å²) in [4.78, 5) is 28.4. The largest absolute Gasteiger partial charge is 0.336 e. The lowest BCUT2D eigenvalue weighted by atomic mass is 10.1. The number of halogens is 3. The topological polar surface area (TPSA) is 52.7 Å². The Morgan fingerprint density at radius 2 is 1.70 bits per heavy atom. The predicted octanol–water partition coefficient (Wildman–Crippen LogP) is 3.53. The molecule has 2 aromatic rings. The van der Waals surface area contributed by atoms with Crippen molar-refractivity contribution in [2.24, 2.45) is 0 Å². The van der Waals surface area contributed by atoms with Crippen LogP contribution in [0.25, 0.3) is 0 Å². The average molecular weight is 410 g/mol. The number of nitrogens with one attached hydrogen (secondary N) is 1. The van der Waals surface area contributed by atoms with Crippen molar-refractivity contribution in [3.05, 3.63) is 63.9 Å². The molecule has 1 N–H and O–H groups in total. The molecule has 5 nitrogen and oxygen atoms in total. The number of piperazine rings is 1. The van der Waals surface area contributed by atoms with Gasteiger partial charge in [-0.05, 0) is 30.3 Å². The van der Waals surface area contributed by atoms with Gasteiger partial charge in [0.05, 0.1) is 27.8 Å². The standard InChI is InChI=1S/C19H18Cl2FN3O2/c20-15-3-1-2-4-17(15)23-18(26)12-24-7-9-25(10-8-24)19(27)14-6-5-13(22)11-16(14)21/h1-6,11H,7-10,12H2,(H,23,26). The molecule has 3 rings (SSSR count). The maximum atomic E-state index is 13.1. The Morgan fingerprint density at radius 3 is 2.37 bits per heavy atom. The summed E-state index contributed by atoms with van der Waals surface area (Å²) < 4.78 is 13.1. The first kappa shape index (κ1) is 19.6. The van der Waals surface area contributed by atoms with Crippen molar-refractivity contribution in [1.82, 2.24) is 9.80 Å². The van der Waals surface area contributed by atoms with E-state index in [-0.39, 0.29) is 28.9 Å². The molecular weight excluding hydrogens is 392 g/mol. The van der Waals surface area contributed by atoms with Crippen molar-refractivity contribution >= 4 is 40.7 Å². The third-order valence-corrected chi connectivity index (χ3v) is 4.98. The highest BCUT2D eigenvalue weighted by atomic mass is 35.5. The highest BCUT2D eigenvalue weighted by Gasteiger charge is 2.24.